The first-order chi connectivity index (χ1) is 7.60. The lowest BCUT2D eigenvalue weighted by atomic mass is 9.89. The van der Waals surface area contributed by atoms with Gasteiger partial charge in [-0.15, -0.1) is 6.58 Å². The predicted octanol–water partition coefficient (Wildman–Crippen LogP) is 3.66. The molecule has 0 rings (SSSR count). The van der Waals surface area contributed by atoms with Crippen LogP contribution >= 0.6 is 0 Å². The van der Waals surface area contributed by atoms with E-state index < -0.39 is 0 Å². The van der Waals surface area contributed by atoms with Crippen molar-refractivity contribution < 1.29 is 4.74 Å². The van der Waals surface area contributed by atoms with Gasteiger partial charge in [-0.3, -0.25) is 0 Å². The van der Waals surface area contributed by atoms with Crippen molar-refractivity contribution in [3.05, 3.63) is 12.7 Å². The third kappa shape index (κ3) is 5.66. The highest BCUT2D eigenvalue weighted by Gasteiger charge is 2.29. The van der Waals surface area contributed by atoms with Crippen LogP contribution in [0.2, 0.25) is 0 Å². The van der Waals surface area contributed by atoms with Gasteiger partial charge in [0.2, 0.25) is 0 Å². The Bertz CT molecular complexity index is 182. The van der Waals surface area contributed by atoms with Crippen molar-refractivity contribution in [1.82, 2.24) is 0 Å². The zero-order chi connectivity index (χ0) is 12.4. The molecule has 0 radical (unpaired) electrons. The number of hydrogen-bond acceptors (Lipinski definition) is 2. The monoisotopic (exact) mass is 227 g/mol. The Morgan fingerprint density at radius 3 is 2.50 bits per heavy atom. The number of ether oxygens (including phenoxy) is 1. The maximum absolute atomic E-state index is 6.22. The van der Waals surface area contributed by atoms with Gasteiger partial charge in [0.15, 0.2) is 0 Å². The van der Waals surface area contributed by atoms with Crippen molar-refractivity contribution in [2.45, 2.75) is 70.9 Å². The van der Waals surface area contributed by atoms with Gasteiger partial charge in [0, 0.05) is 12.6 Å². The summed E-state index contributed by atoms with van der Waals surface area (Å²) in [5.41, 5.74) is 6.07. The average molecular weight is 227 g/mol. The fraction of sp³-hybridized carbons (Fsp3) is 0.857. The fourth-order valence-corrected chi connectivity index (χ4v) is 1.94. The van der Waals surface area contributed by atoms with Gasteiger partial charge in [0.25, 0.3) is 0 Å². The average Bonchev–Trinajstić information content (AvgIpc) is 2.28. The van der Waals surface area contributed by atoms with Gasteiger partial charge in [-0.05, 0) is 39.5 Å². The van der Waals surface area contributed by atoms with Crippen LogP contribution in [0.25, 0.3) is 0 Å². The van der Waals surface area contributed by atoms with Crippen LogP contribution in [0.3, 0.4) is 0 Å². The Morgan fingerprint density at radius 1 is 1.31 bits per heavy atom. The summed E-state index contributed by atoms with van der Waals surface area (Å²) in [6, 6.07) is 0.154. The molecule has 0 aliphatic carbocycles. The molecule has 96 valence electrons. The SMILES string of the molecule is C=CCCCCCC(N)C(C)(CC)OCC. The van der Waals surface area contributed by atoms with E-state index in [1.807, 2.05) is 13.0 Å². The Labute approximate surface area is 101 Å². The van der Waals surface area contributed by atoms with Crippen LogP contribution in [-0.2, 0) is 4.74 Å². The summed E-state index contributed by atoms with van der Waals surface area (Å²) in [6.07, 6.45) is 8.80. The number of nitrogens with two attached hydrogens (primary N) is 1. The molecule has 0 spiro atoms. The first-order valence-electron chi connectivity index (χ1n) is 6.61. The van der Waals surface area contributed by atoms with E-state index in [0.717, 1.165) is 25.9 Å². The van der Waals surface area contributed by atoms with E-state index in [9.17, 15) is 0 Å². The van der Waals surface area contributed by atoms with E-state index in [2.05, 4.69) is 20.4 Å². The van der Waals surface area contributed by atoms with Crippen LogP contribution < -0.4 is 5.73 Å². The van der Waals surface area contributed by atoms with Crippen molar-refractivity contribution >= 4 is 0 Å². The van der Waals surface area contributed by atoms with Gasteiger partial charge in [-0.2, -0.15) is 0 Å². The summed E-state index contributed by atoms with van der Waals surface area (Å²) < 4.78 is 5.78. The van der Waals surface area contributed by atoms with Crippen molar-refractivity contribution in [2.75, 3.05) is 6.61 Å². The van der Waals surface area contributed by atoms with Gasteiger partial charge < -0.3 is 10.5 Å². The van der Waals surface area contributed by atoms with E-state index in [1.165, 1.54) is 19.3 Å². The zero-order valence-corrected chi connectivity index (χ0v) is 11.3. The molecule has 0 amide bonds. The predicted molar refractivity (Wildman–Crippen MR) is 71.6 cm³/mol. The number of allylic oxidation sites excluding steroid dienone is 1. The Morgan fingerprint density at radius 2 is 2.00 bits per heavy atom. The summed E-state index contributed by atoms with van der Waals surface area (Å²) in [4.78, 5) is 0. The summed E-state index contributed by atoms with van der Waals surface area (Å²) in [6.45, 7) is 10.8. The molecule has 0 fully saturated rings. The van der Waals surface area contributed by atoms with Gasteiger partial charge in [0.05, 0.1) is 5.60 Å². The molecule has 0 aliphatic heterocycles. The van der Waals surface area contributed by atoms with E-state index >= 15 is 0 Å². The molecular weight excluding hydrogens is 198 g/mol. The second kappa shape index (κ2) is 8.77. The second-order valence-electron chi connectivity index (χ2n) is 4.63. The van der Waals surface area contributed by atoms with E-state index in [-0.39, 0.29) is 11.6 Å². The minimum Gasteiger partial charge on any atom is -0.374 e. The summed E-state index contributed by atoms with van der Waals surface area (Å²) in [5.74, 6) is 0. The van der Waals surface area contributed by atoms with Crippen molar-refractivity contribution in [2.24, 2.45) is 5.73 Å². The maximum Gasteiger partial charge on any atom is 0.0801 e. The van der Waals surface area contributed by atoms with Crippen LogP contribution in [0.4, 0.5) is 0 Å². The third-order valence-corrected chi connectivity index (χ3v) is 3.38. The van der Waals surface area contributed by atoms with Crippen LogP contribution in [0.15, 0.2) is 12.7 Å². The van der Waals surface area contributed by atoms with E-state index in [0.29, 0.717) is 0 Å². The lowest BCUT2D eigenvalue weighted by molar-refractivity contribution is -0.0483. The third-order valence-electron chi connectivity index (χ3n) is 3.38. The maximum atomic E-state index is 6.22. The first kappa shape index (κ1) is 15.7. The molecule has 0 saturated carbocycles. The highest BCUT2D eigenvalue weighted by Crippen LogP contribution is 2.22. The van der Waals surface area contributed by atoms with E-state index in [1.54, 1.807) is 0 Å². The van der Waals surface area contributed by atoms with Gasteiger partial charge >= 0.3 is 0 Å². The topological polar surface area (TPSA) is 35.2 Å². The second-order valence-corrected chi connectivity index (χ2v) is 4.63. The summed E-state index contributed by atoms with van der Waals surface area (Å²) in [7, 11) is 0. The lowest BCUT2D eigenvalue weighted by Crippen LogP contribution is -2.47. The number of rotatable bonds is 10. The normalized spacial score (nSPS) is 16.8. The Hall–Kier alpha value is -0.340. The quantitative estimate of drug-likeness (QED) is 0.456. The molecule has 0 aromatic rings. The number of hydrogen-bond donors (Lipinski definition) is 1. The molecule has 2 unspecified atom stereocenters. The highest BCUT2D eigenvalue weighted by molar-refractivity contribution is 4.86. The zero-order valence-electron chi connectivity index (χ0n) is 11.3. The fourth-order valence-electron chi connectivity index (χ4n) is 1.94. The summed E-state index contributed by atoms with van der Waals surface area (Å²) >= 11 is 0. The molecule has 2 heteroatoms. The van der Waals surface area contributed by atoms with Crippen LogP contribution in [0.1, 0.15) is 59.3 Å². The number of unbranched alkanes of at least 4 members (excludes halogenated alkanes) is 3. The van der Waals surface area contributed by atoms with Crippen molar-refractivity contribution in [1.29, 1.82) is 0 Å². The molecule has 0 aliphatic rings. The minimum atomic E-state index is -0.146. The molecule has 2 atom stereocenters. The molecule has 2 N–H and O–H groups in total. The first-order valence-corrected chi connectivity index (χ1v) is 6.61. The minimum absolute atomic E-state index is 0.146. The molecule has 0 heterocycles. The molecule has 2 nitrogen and oxygen atoms in total. The van der Waals surface area contributed by atoms with Gasteiger partial charge in [0.1, 0.15) is 0 Å². The molecular formula is C14H29NO. The van der Waals surface area contributed by atoms with Crippen LogP contribution in [0.5, 0.6) is 0 Å². The summed E-state index contributed by atoms with van der Waals surface area (Å²) in [5, 5.41) is 0. The van der Waals surface area contributed by atoms with E-state index in [4.69, 9.17) is 10.5 Å². The highest BCUT2D eigenvalue weighted by atomic mass is 16.5. The van der Waals surface area contributed by atoms with Crippen LogP contribution in [0, 0.1) is 0 Å². The molecule has 0 aromatic heterocycles. The van der Waals surface area contributed by atoms with Gasteiger partial charge in [-0.25, -0.2) is 0 Å². The van der Waals surface area contributed by atoms with Crippen LogP contribution in [-0.4, -0.2) is 18.2 Å². The molecule has 0 saturated heterocycles. The van der Waals surface area contributed by atoms with Crippen molar-refractivity contribution in [3.8, 4) is 0 Å². The largest absolute Gasteiger partial charge is 0.374 e. The Kier molecular flexibility index (Phi) is 8.58. The van der Waals surface area contributed by atoms with Gasteiger partial charge in [-0.1, -0.05) is 25.8 Å². The Balaban J connectivity index is 3.83. The molecule has 0 bridgehead atoms. The smallest absolute Gasteiger partial charge is 0.0801 e. The standard InChI is InChI=1S/C14H29NO/c1-5-8-9-10-11-12-13(15)14(4,6-2)16-7-3/h5,13H,1,6-12,15H2,2-4H3. The molecule has 16 heavy (non-hydrogen) atoms. The van der Waals surface area contributed by atoms with Crippen molar-refractivity contribution in [3.63, 3.8) is 0 Å². The lowest BCUT2D eigenvalue weighted by Gasteiger charge is -2.34. The molecule has 0 aromatic carbocycles.